The smallest absolute Gasteiger partial charge is 0.355 e. The zero-order valence-electron chi connectivity index (χ0n) is 17.0. The number of carbonyl (C=O) groups is 2. The van der Waals surface area contributed by atoms with Crippen LogP contribution >= 0.6 is 0 Å². The average molecular weight is 440 g/mol. The van der Waals surface area contributed by atoms with E-state index >= 15 is 0 Å². The number of carbonyl (C=O) groups excluding carboxylic acids is 2. The van der Waals surface area contributed by atoms with Crippen LogP contribution in [-0.2, 0) is 17.4 Å². The molecule has 2 amide bonds. The van der Waals surface area contributed by atoms with Crippen LogP contribution in [0.15, 0.2) is 60.9 Å². The molecule has 2 heterocycles. The van der Waals surface area contributed by atoms with Crippen molar-refractivity contribution in [2.75, 3.05) is 22.6 Å². The summed E-state index contributed by atoms with van der Waals surface area (Å²) < 4.78 is 39.7. The number of pyridine rings is 1. The molecule has 0 saturated heterocycles. The van der Waals surface area contributed by atoms with Crippen molar-refractivity contribution in [2.45, 2.75) is 19.0 Å². The van der Waals surface area contributed by atoms with Crippen molar-refractivity contribution in [3.8, 4) is 0 Å². The Labute approximate surface area is 182 Å². The number of hydrogen-bond donors (Lipinski definition) is 2. The standard InChI is InChI=1S/C23H19F3N4O2/c1-30-20-13-17(5-2-14(20)3-7-21(30)31)29-22(32)18-6-4-15(23(24,25)26)12-19(18)28-16-8-10-27-11-9-16/h2,4-6,8-13H,3,7H2,1H3,(H,27,28)(H,29,32). The quantitative estimate of drug-likeness (QED) is 0.599. The topological polar surface area (TPSA) is 74.3 Å². The predicted molar refractivity (Wildman–Crippen MR) is 115 cm³/mol. The summed E-state index contributed by atoms with van der Waals surface area (Å²) in [5.74, 6) is -0.604. The predicted octanol–water partition coefficient (Wildman–Crippen LogP) is 5.01. The van der Waals surface area contributed by atoms with Crippen LogP contribution in [0.1, 0.15) is 27.9 Å². The number of hydrogen-bond acceptors (Lipinski definition) is 4. The molecule has 0 atom stereocenters. The second-order valence-corrected chi connectivity index (χ2v) is 7.37. The van der Waals surface area contributed by atoms with E-state index in [1.54, 1.807) is 31.3 Å². The fourth-order valence-electron chi connectivity index (χ4n) is 3.52. The average Bonchev–Trinajstić information content (AvgIpc) is 2.76. The van der Waals surface area contributed by atoms with Gasteiger partial charge in [0.25, 0.3) is 5.91 Å². The maximum Gasteiger partial charge on any atom is 0.416 e. The van der Waals surface area contributed by atoms with Crippen LogP contribution in [0.5, 0.6) is 0 Å². The molecule has 9 heteroatoms. The summed E-state index contributed by atoms with van der Waals surface area (Å²) >= 11 is 0. The lowest BCUT2D eigenvalue weighted by atomic mass is 10.0. The molecule has 1 aliphatic rings. The molecule has 1 aromatic heterocycles. The van der Waals surface area contributed by atoms with Gasteiger partial charge in [0.2, 0.25) is 5.91 Å². The van der Waals surface area contributed by atoms with Crippen molar-refractivity contribution in [2.24, 2.45) is 0 Å². The highest BCUT2D eigenvalue weighted by Gasteiger charge is 2.31. The Morgan fingerprint density at radius 3 is 2.47 bits per heavy atom. The Kier molecular flexibility index (Phi) is 5.56. The Bertz CT molecular complexity index is 1180. The van der Waals surface area contributed by atoms with Crippen LogP contribution in [-0.4, -0.2) is 23.8 Å². The molecule has 0 bridgehead atoms. The van der Waals surface area contributed by atoms with Crippen LogP contribution in [0.4, 0.5) is 35.9 Å². The van der Waals surface area contributed by atoms with Gasteiger partial charge in [-0.25, -0.2) is 0 Å². The molecular formula is C23H19F3N4O2. The molecule has 4 rings (SSSR count). The third-order valence-corrected chi connectivity index (χ3v) is 5.24. The Morgan fingerprint density at radius 1 is 1.00 bits per heavy atom. The number of rotatable bonds is 4. The van der Waals surface area contributed by atoms with Crippen molar-refractivity contribution < 1.29 is 22.8 Å². The summed E-state index contributed by atoms with van der Waals surface area (Å²) in [6, 6.07) is 11.3. The van der Waals surface area contributed by atoms with E-state index in [0.29, 0.717) is 29.9 Å². The van der Waals surface area contributed by atoms with Gasteiger partial charge in [-0.1, -0.05) is 6.07 Å². The van der Waals surface area contributed by atoms with Gasteiger partial charge in [0.05, 0.1) is 16.8 Å². The molecule has 0 aliphatic carbocycles. The SMILES string of the molecule is CN1C(=O)CCc2ccc(NC(=O)c3ccc(C(F)(F)F)cc3Nc3ccncc3)cc21. The molecule has 0 saturated carbocycles. The summed E-state index contributed by atoms with van der Waals surface area (Å²) in [5, 5.41) is 5.58. The lowest BCUT2D eigenvalue weighted by Crippen LogP contribution is -2.31. The van der Waals surface area contributed by atoms with Gasteiger partial charge in [0.15, 0.2) is 0 Å². The van der Waals surface area contributed by atoms with Crippen LogP contribution in [0.2, 0.25) is 0 Å². The van der Waals surface area contributed by atoms with Gasteiger partial charge >= 0.3 is 6.18 Å². The van der Waals surface area contributed by atoms with E-state index in [0.717, 1.165) is 23.8 Å². The first-order chi connectivity index (χ1) is 15.2. The number of nitrogens with zero attached hydrogens (tertiary/aromatic N) is 2. The molecule has 3 aromatic rings. The first kappa shape index (κ1) is 21.4. The molecule has 164 valence electrons. The normalized spacial score (nSPS) is 13.5. The van der Waals surface area contributed by atoms with Gasteiger partial charge in [0, 0.05) is 42.9 Å². The van der Waals surface area contributed by atoms with E-state index in [4.69, 9.17) is 0 Å². The molecule has 1 aliphatic heterocycles. The highest BCUT2D eigenvalue weighted by Crippen LogP contribution is 2.34. The maximum atomic E-state index is 13.2. The first-order valence-electron chi connectivity index (χ1n) is 9.81. The lowest BCUT2D eigenvalue weighted by molar-refractivity contribution is -0.137. The minimum atomic E-state index is -4.56. The zero-order valence-corrected chi connectivity index (χ0v) is 17.0. The number of amides is 2. The monoisotopic (exact) mass is 440 g/mol. The second-order valence-electron chi connectivity index (χ2n) is 7.37. The van der Waals surface area contributed by atoms with E-state index < -0.39 is 17.6 Å². The molecule has 2 N–H and O–H groups in total. The van der Waals surface area contributed by atoms with E-state index in [1.807, 2.05) is 6.07 Å². The summed E-state index contributed by atoms with van der Waals surface area (Å²) in [6.45, 7) is 0. The molecule has 2 aromatic carbocycles. The largest absolute Gasteiger partial charge is 0.416 e. The molecule has 0 radical (unpaired) electrons. The van der Waals surface area contributed by atoms with Gasteiger partial charge in [-0.05, 0) is 54.4 Å². The number of anilines is 4. The number of benzene rings is 2. The third-order valence-electron chi connectivity index (χ3n) is 5.24. The van der Waals surface area contributed by atoms with Gasteiger partial charge in [-0.2, -0.15) is 13.2 Å². The number of alkyl halides is 3. The van der Waals surface area contributed by atoms with Crippen molar-refractivity contribution in [1.29, 1.82) is 0 Å². The maximum absolute atomic E-state index is 13.2. The van der Waals surface area contributed by atoms with Gasteiger partial charge < -0.3 is 15.5 Å². The Hall–Kier alpha value is -3.88. The summed E-state index contributed by atoms with van der Waals surface area (Å²) in [6.07, 6.45) is -0.545. The Balaban J connectivity index is 1.65. The highest BCUT2D eigenvalue weighted by molar-refractivity contribution is 6.09. The van der Waals surface area contributed by atoms with Gasteiger partial charge in [0.1, 0.15) is 0 Å². The van der Waals surface area contributed by atoms with Gasteiger partial charge in [-0.15, -0.1) is 0 Å². The number of aromatic nitrogens is 1. The fourth-order valence-corrected chi connectivity index (χ4v) is 3.52. The number of nitrogens with one attached hydrogen (secondary N) is 2. The summed E-state index contributed by atoms with van der Waals surface area (Å²) in [4.78, 5) is 30.4. The number of aryl methyl sites for hydroxylation is 1. The molecule has 0 fully saturated rings. The zero-order chi connectivity index (χ0) is 22.9. The molecule has 6 nitrogen and oxygen atoms in total. The molecule has 0 unspecified atom stereocenters. The van der Waals surface area contributed by atoms with Crippen LogP contribution in [0, 0.1) is 0 Å². The first-order valence-corrected chi connectivity index (χ1v) is 9.81. The van der Waals surface area contributed by atoms with E-state index in [9.17, 15) is 22.8 Å². The van der Waals surface area contributed by atoms with E-state index in [-0.39, 0.29) is 17.2 Å². The highest BCUT2D eigenvalue weighted by atomic mass is 19.4. The van der Waals surface area contributed by atoms with E-state index in [1.165, 1.54) is 17.3 Å². The minimum absolute atomic E-state index is 0.00813. The van der Waals surface area contributed by atoms with Crippen molar-refractivity contribution in [1.82, 2.24) is 4.98 Å². The van der Waals surface area contributed by atoms with Gasteiger partial charge in [-0.3, -0.25) is 14.6 Å². The number of fused-ring (bicyclic) bond motifs is 1. The second kappa shape index (κ2) is 8.33. The summed E-state index contributed by atoms with van der Waals surface area (Å²) in [7, 11) is 1.67. The minimum Gasteiger partial charge on any atom is -0.355 e. The molecular weight excluding hydrogens is 421 g/mol. The fraction of sp³-hybridized carbons (Fsp3) is 0.174. The van der Waals surface area contributed by atoms with Crippen molar-refractivity contribution >= 4 is 34.6 Å². The van der Waals surface area contributed by atoms with Crippen molar-refractivity contribution in [3.05, 3.63) is 77.6 Å². The van der Waals surface area contributed by atoms with Crippen LogP contribution in [0.25, 0.3) is 0 Å². The van der Waals surface area contributed by atoms with E-state index in [2.05, 4.69) is 15.6 Å². The third kappa shape index (κ3) is 4.41. The number of halogens is 3. The Morgan fingerprint density at radius 2 is 1.75 bits per heavy atom. The van der Waals surface area contributed by atoms with Crippen molar-refractivity contribution in [3.63, 3.8) is 0 Å². The molecule has 32 heavy (non-hydrogen) atoms. The van der Waals surface area contributed by atoms with Crippen LogP contribution < -0.4 is 15.5 Å². The summed E-state index contributed by atoms with van der Waals surface area (Å²) in [5.41, 5.74) is 1.78. The molecule has 0 spiro atoms. The lowest BCUT2D eigenvalue weighted by Gasteiger charge is -2.26. The van der Waals surface area contributed by atoms with Crippen LogP contribution in [0.3, 0.4) is 0 Å².